The van der Waals surface area contributed by atoms with E-state index in [1.165, 1.54) is 10.4 Å². The maximum Gasteiger partial charge on any atom is 0.259 e. The molecule has 0 spiro atoms. The Morgan fingerprint density at radius 1 is 1.42 bits per heavy atom. The van der Waals surface area contributed by atoms with Crippen molar-refractivity contribution in [1.29, 1.82) is 0 Å². The van der Waals surface area contributed by atoms with Crippen LogP contribution in [-0.2, 0) is 12.8 Å². The van der Waals surface area contributed by atoms with Crippen LogP contribution in [0.15, 0.2) is 14.5 Å². The SMILES string of the molecule is Cc1csc(S[C@H](C)c2nc3sc4c(c3c(=O)[nH]2)CC[C@H](C)C4)n1. The number of rotatable bonds is 3. The molecule has 3 aromatic rings. The molecule has 126 valence electrons. The maximum absolute atomic E-state index is 12.7. The zero-order chi connectivity index (χ0) is 16.8. The highest BCUT2D eigenvalue weighted by molar-refractivity contribution is 8.01. The summed E-state index contributed by atoms with van der Waals surface area (Å²) in [6.07, 6.45) is 3.24. The smallest absolute Gasteiger partial charge is 0.259 e. The molecule has 0 aromatic carbocycles. The molecule has 0 bridgehead atoms. The van der Waals surface area contributed by atoms with Crippen molar-refractivity contribution in [3.63, 3.8) is 0 Å². The van der Waals surface area contributed by atoms with Crippen LogP contribution in [0, 0.1) is 12.8 Å². The van der Waals surface area contributed by atoms with Gasteiger partial charge >= 0.3 is 0 Å². The number of fused-ring (bicyclic) bond motifs is 3. The Kier molecular flexibility index (Phi) is 4.26. The van der Waals surface area contributed by atoms with Gasteiger partial charge in [-0.2, -0.15) is 0 Å². The molecule has 1 N–H and O–H groups in total. The maximum atomic E-state index is 12.7. The van der Waals surface area contributed by atoms with Crippen molar-refractivity contribution in [2.45, 2.75) is 49.6 Å². The van der Waals surface area contributed by atoms with Crippen LogP contribution in [-0.4, -0.2) is 15.0 Å². The molecule has 4 nitrogen and oxygen atoms in total. The van der Waals surface area contributed by atoms with Crippen LogP contribution < -0.4 is 5.56 Å². The molecule has 7 heteroatoms. The van der Waals surface area contributed by atoms with E-state index in [9.17, 15) is 4.79 Å². The fraction of sp³-hybridized carbons (Fsp3) is 0.471. The lowest BCUT2D eigenvalue weighted by Crippen LogP contribution is -2.15. The van der Waals surface area contributed by atoms with Gasteiger partial charge in [-0.25, -0.2) is 9.97 Å². The van der Waals surface area contributed by atoms with Gasteiger partial charge in [0.2, 0.25) is 0 Å². The number of H-pyrrole nitrogens is 1. The summed E-state index contributed by atoms with van der Waals surface area (Å²) >= 11 is 4.99. The Hall–Kier alpha value is -1.18. The van der Waals surface area contributed by atoms with Crippen molar-refractivity contribution in [2.24, 2.45) is 5.92 Å². The number of aromatic nitrogens is 3. The zero-order valence-electron chi connectivity index (χ0n) is 13.9. The molecular weight excluding hydrogens is 358 g/mol. The summed E-state index contributed by atoms with van der Waals surface area (Å²) in [4.78, 5) is 27.2. The van der Waals surface area contributed by atoms with Crippen LogP contribution in [0.2, 0.25) is 0 Å². The van der Waals surface area contributed by atoms with E-state index in [2.05, 4.69) is 23.8 Å². The second-order valence-electron chi connectivity index (χ2n) is 6.50. The molecule has 2 atom stereocenters. The van der Waals surface area contributed by atoms with Gasteiger partial charge in [-0.3, -0.25) is 4.79 Å². The lowest BCUT2D eigenvalue weighted by molar-refractivity contribution is 0.509. The average Bonchev–Trinajstić information content (AvgIpc) is 3.09. The number of hydrogen-bond acceptors (Lipinski definition) is 6. The Morgan fingerprint density at radius 3 is 3.00 bits per heavy atom. The summed E-state index contributed by atoms with van der Waals surface area (Å²) in [7, 11) is 0. The number of thiophene rings is 1. The van der Waals surface area contributed by atoms with Crippen LogP contribution in [0.4, 0.5) is 0 Å². The van der Waals surface area contributed by atoms with Crippen molar-refractivity contribution >= 4 is 44.7 Å². The molecule has 0 saturated carbocycles. The van der Waals surface area contributed by atoms with E-state index in [1.807, 2.05) is 12.3 Å². The first kappa shape index (κ1) is 16.3. The third-order valence-corrected chi connectivity index (χ3v) is 7.79. The van der Waals surface area contributed by atoms with E-state index in [0.29, 0.717) is 5.92 Å². The molecule has 1 aliphatic rings. The van der Waals surface area contributed by atoms with Gasteiger partial charge in [0.25, 0.3) is 5.56 Å². The third-order valence-electron chi connectivity index (χ3n) is 4.44. The number of aromatic amines is 1. The molecule has 1 aliphatic carbocycles. The van der Waals surface area contributed by atoms with Gasteiger partial charge in [0.1, 0.15) is 10.7 Å². The topological polar surface area (TPSA) is 58.6 Å². The molecule has 0 radical (unpaired) electrons. The van der Waals surface area contributed by atoms with E-state index in [-0.39, 0.29) is 10.8 Å². The Morgan fingerprint density at radius 2 is 2.25 bits per heavy atom. The standard InChI is InChI=1S/C17H19N3OS3/c1-8-4-5-11-12(6-8)24-16-13(11)15(21)19-14(20-16)10(3)23-17-18-9(2)7-22-17/h7-8,10H,4-6H2,1-3H3,(H,19,20,21)/t8-,10+/m0/s1. The number of aryl methyl sites for hydroxylation is 2. The summed E-state index contributed by atoms with van der Waals surface area (Å²) in [6, 6.07) is 0. The van der Waals surface area contributed by atoms with Crippen LogP contribution in [0.1, 0.15) is 47.5 Å². The molecule has 3 heterocycles. The molecule has 0 fully saturated rings. The summed E-state index contributed by atoms with van der Waals surface area (Å²) < 4.78 is 1.02. The van der Waals surface area contributed by atoms with Gasteiger partial charge in [-0.1, -0.05) is 18.7 Å². The van der Waals surface area contributed by atoms with Crippen LogP contribution in [0.25, 0.3) is 10.2 Å². The minimum absolute atomic E-state index is 0.0184. The lowest BCUT2D eigenvalue weighted by Gasteiger charge is -2.17. The van der Waals surface area contributed by atoms with Crippen molar-refractivity contribution in [2.75, 3.05) is 0 Å². The first-order chi connectivity index (χ1) is 11.5. The molecule has 0 aliphatic heterocycles. The summed E-state index contributed by atoms with van der Waals surface area (Å²) in [5.74, 6) is 1.45. The molecule has 0 amide bonds. The number of thiazole rings is 1. The fourth-order valence-electron chi connectivity index (χ4n) is 3.15. The first-order valence-electron chi connectivity index (χ1n) is 8.14. The van der Waals surface area contributed by atoms with Crippen molar-refractivity contribution in [1.82, 2.24) is 15.0 Å². The number of thioether (sulfide) groups is 1. The highest BCUT2D eigenvalue weighted by Crippen LogP contribution is 2.38. The average molecular weight is 378 g/mol. The molecule has 0 saturated heterocycles. The molecule has 0 unspecified atom stereocenters. The van der Waals surface area contributed by atoms with E-state index in [0.717, 1.165) is 45.3 Å². The number of nitrogens with zero attached hydrogens (tertiary/aromatic N) is 2. The fourth-order valence-corrected chi connectivity index (χ4v) is 6.58. The predicted octanol–water partition coefficient (Wildman–Crippen LogP) is 4.73. The van der Waals surface area contributed by atoms with Gasteiger partial charge in [0, 0.05) is 16.0 Å². The van der Waals surface area contributed by atoms with Gasteiger partial charge in [0.15, 0.2) is 4.34 Å². The number of nitrogens with one attached hydrogen (secondary N) is 1. The quantitative estimate of drug-likeness (QED) is 0.671. The summed E-state index contributed by atoms with van der Waals surface area (Å²) in [5.41, 5.74) is 2.29. The Labute approximate surface area is 152 Å². The van der Waals surface area contributed by atoms with Gasteiger partial charge in [0.05, 0.1) is 10.6 Å². The van der Waals surface area contributed by atoms with Crippen molar-refractivity contribution < 1.29 is 0 Å². The highest BCUT2D eigenvalue weighted by Gasteiger charge is 2.24. The predicted molar refractivity (Wildman–Crippen MR) is 103 cm³/mol. The van der Waals surface area contributed by atoms with E-state index in [1.54, 1.807) is 34.4 Å². The largest absolute Gasteiger partial charge is 0.309 e. The Balaban J connectivity index is 1.71. The minimum Gasteiger partial charge on any atom is -0.309 e. The van der Waals surface area contributed by atoms with Crippen LogP contribution in [0.5, 0.6) is 0 Å². The number of hydrogen-bond donors (Lipinski definition) is 1. The normalized spacial score (nSPS) is 18.7. The summed E-state index contributed by atoms with van der Waals surface area (Å²) in [6.45, 7) is 6.35. The van der Waals surface area contributed by atoms with Crippen molar-refractivity contribution in [3.05, 3.63) is 37.7 Å². The van der Waals surface area contributed by atoms with E-state index in [4.69, 9.17) is 4.98 Å². The second-order valence-corrected chi connectivity index (χ2v) is 10.0. The Bertz CT molecular complexity index is 956. The third kappa shape index (κ3) is 2.93. The molecule has 4 rings (SSSR count). The first-order valence-corrected chi connectivity index (χ1v) is 10.7. The summed E-state index contributed by atoms with van der Waals surface area (Å²) in [5, 5.41) is 2.95. The van der Waals surface area contributed by atoms with Gasteiger partial charge in [-0.15, -0.1) is 22.7 Å². The lowest BCUT2D eigenvalue weighted by atomic mass is 9.89. The zero-order valence-corrected chi connectivity index (χ0v) is 16.3. The van der Waals surface area contributed by atoms with Crippen LogP contribution >= 0.6 is 34.4 Å². The second kappa shape index (κ2) is 6.28. The van der Waals surface area contributed by atoms with Crippen LogP contribution in [0.3, 0.4) is 0 Å². The van der Waals surface area contributed by atoms with E-state index >= 15 is 0 Å². The highest BCUT2D eigenvalue weighted by atomic mass is 32.2. The van der Waals surface area contributed by atoms with E-state index < -0.39 is 0 Å². The van der Waals surface area contributed by atoms with Gasteiger partial charge < -0.3 is 4.98 Å². The molecule has 3 aromatic heterocycles. The van der Waals surface area contributed by atoms with Crippen molar-refractivity contribution in [3.8, 4) is 0 Å². The molecular formula is C17H19N3OS3. The minimum atomic E-state index is 0.0184. The van der Waals surface area contributed by atoms with Gasteiger partial charge in [-0.05, 0) is 44.6 Å². The monoisotopic (exact) mass is 377 g/mol. The molecule has 24 heavy (non-hydrogen) atoms.